The molecule has 0 atom stereocenters. The normalized spacial score (nSPS) is 10.4. The summed E-state index contributed by atoms with van der Waals surface area (Å²) in [7, 11) is 1.80. The molecule has 1 aromatic heterocycles. The number of halogens is 1. The number of hydrogen-bond donors (Lipinski definition) is 1. The van der Waals surface area contributed by atoms with Gasteiger partial charge in [-0.1, -0.05) is 28.1 Å². The fourth-order valence-electron chi connectivity index (χ4n) is 1.85. The van der Waals surface area contributed by atoms with Crippen molar-refractivity contribution in [2.45, 2.75) is 12.8 Å². The van der Waals surface area contributed by atoms with Gasteiger partial charge in [-0.3, -0.25) is 4.79 Å². The monoisotopic (exact) mass is 321 g/mol. The van der Waals surface area contributed by atoms with E-state index in [0.29, 0.717) is 5.69 Å². The third-order valence-electron chi connectivity index (χ3n) is 2.83. The lowest BCUT2D eigenvalue weighted by molar-refractivity contribution is 0.101. The van der Waals surface area contributed by atoms with Gasteiger partial charge in [0.25, 0.3) is 5.91 Å². The summed E-state index contributed by atoms with van der Waals surface area (Å²) >= 11 is 3.42. The van der Waals surface area contributed by atoms with E-state index in [-0.39, 0.29) is 5.91 Å². The average molecular weight is 322 g/mol. The number of anilines is 1. The van der Waals surface area contributed by atoms with Crippen LogP contribution >= 0.6 is 15.9 Å². The highest BCUT2D eigenvalue weighted by Crippen LogP contribution is 2.14. The number of hydrogen-bond acceptors (Lipinski definition) is 2. The van der Waals surface area contributed by atoms with Crippen molar-refractivity contribution in [3.8, 4) is 0 Å². The Morgan fingerprint density at radius 3 is 3.00 bits per heavy atom. The second kappa shape index (κ2) is 6.52. The Kier molecular flexibility index (Phi) is 4.74. The zero-order valence-electron chi connectivity index (χ0n) is 10.8. The van der Waals surface area contributed by atoms with E-state index in [1.165, 1.54) is 5.56 Å². The van der Waals surface area contributed by atoms with Crippen molar-refractivity contribution >= 4 is 27.5 Å². The first-order chi connectivity index (χ1) is 9.20. The fourth-order valence-corrected chi connectivity index (χ4v) is 2.13. The number of carbonyl (C=O) groups excluding carboxylic acids is 1. The number of carbonyl (C=O) groups is 1. The van der Waals surface area contributed by atoms with Crippen molar-refractivity contribution < 1.29 is 4.79 Å². The molecule has 1 N–H and O–H groups in total. The van der Waals surface area contributed by atoms with Gasteiger partial charge in [-0.25, -0.2) is 4.98 Å². The molecule has 0 bridgehead atoms. The van der Waals surface area contributed by atoms with E-state index in [9.17, 15) is 4.79 Å². The molecule has 0 aliphatic carbocycles. The second-order valence-electron chi connectivity index (χ2n) is 4.34. The lowest BCUT2D eigenvalue weighted by Gasteiger charge is -2.07. The largest absolute Gasteiger partial charge is 0.330 e. The SMILES string of the molecule is Cn1cncc1C(=O)Nc1cccc(CCCBr)c1. The number of benzene rings is 1. The van der Waals surface area contributed by atoms with Gasteiger partial charge in [0.05, 0.1) is 12.5 Å². The predicted molar refractivity (Wildman–Crippen MR) is 79.7 cm³/mol. The summed E-state index contributed by atoms with van der Waals surface area (Å²) in [6, 6.07) is 7.94. The minimum absolute atomic E-state index is 0.141. The van der Waals surface area contributed by atoms with E-state index in [4.69, 9.17) is 0 Å². The Morgan fingerprint density at radius 1 is 1.47 bits per heavy atom. The summed E-state index contributed by atoms with van der Waals surface area (Å²) in [5.41, 5.74) is 2.59. The van der Waals surface area contributed by atoms with Crippen molar-refractivity contribution in [2.24, 2.45) is 7.05 Å². The Hall–Kier alpha value is -1.62. The summed E-state index contributed by atoms with van der Waals surface area (Å²) < 4.78 is 1.70. The van der Waals surface area contributed by atoms with Crippen LogP contribution in [-0.2, 0) is 13.5 Å². The lowest BCUT2D eigenvalue weighted by Crippen LogP contribution is -2.15. The number of amides is 1. The summed E-state index contributed by atoms with van der Waals surface area (Å²) in [5, 5.41) is 3.88. The Bertz CT molecular complexity index is 565. The topological polar surface area (TPSA) is 46.9 Å². The summed E-state index contributed by atoms with van der Waals surface area (Å²) in [5.74, 6) is -0.141. The first kappa shape index (κ1) is 13.8. The van der Waals surface area contributed by atoms with Crippen LogP contribution < -0.4 is 5.32 Å². The predicted octanol–water partition coefficient (Wildman–Crippen LogP) is 3.00. The standard InChI is InChI=1S/C14H16BrN3O/c1-18-10-16-9-13(18)14(19)17-12-6-2-4-11(8-12)5-3-7-15/h2,4,6,8-10H,3,5,7H2,1H3,(H,17,19). The minimum Gasteiger partial charge on any atom is -0.330 e. The summed E-state index contributed by atoms with van der Waals surface area (Å²) in [6.45, 7) is 0. The smallest absolute Gasteiger partial charge is 0.273 e. The molecule has 2 rings (SSSR count). The molecule has 0 fully saturated rings. The molecule has 4 nitrogen and oxygen atoms in total. The van der Waals surface area contributed by atoms with Gasteiger partial charge in [-0.2, -0.15) is 0 Å². The first-order valence-electron chi connectivity index (χ1n) is 6.13. The van der Waals surface area contributed by atoms with Crippen molar-refractivity contribution in [3.63, 3.8) is 0 Å². The van der Waals surface area contributed by atoms with Crippen LogP contribution in [0.3, 0.4) is 0 Å². The van der Waals surface area contributed by atoms with E-state index in [0.717, 1.165) is 23.9 Å². The van der Waals surface area contributed by atoms with Crippen LogP contribution in [0.1, 0.15) is 22.5 Å². The van der Waals surface area contributed by atoms with Crippen LogP contribution in [-0.4, -0.2) is 20.8 Å². The van der Waals surface area contributed by atoms with Crippen molar-refractivity contribution in [1.29, 1.82) is 0 Å². The quantitative estimate of drug-likeness (QED) is 0.860. The molecule has 1 aromatic carbocycles. The summed E-state index contributed by atoms with van der Waals surface area (Å²) in [4.78, 5) is 16.0. The molecule has 1 amide bonds. The molecule has 100 valence electrons. The first-order valence-corrected chi connectivity index (χ1v) is 7.25. The molecule has 19 heavy (non-hydrogen) atoms. The van der Waals surface area contributed by atoms with Gasteiger partial charge < -0.3 is 9.88 Å². The molecular weight excluding hydrogens is 306 g/mol. The van der Waals surface area contributed by atoms with E-state index in [2.05, 4.69) is 32.3 Å². The number of alkyl halides is 1. The van der Waals surface area contributed by atoms with Gasteiger partial charge in [0.15, 0.2) is 0 Å². The molecule has 0 saturated heterocycles. The molecule has 0 aliphatic rings. The van der Waals surface area contributed by atoms with Crippen LogP contribution in [0.5, 0.6) is 0 Å². The van der Waals surface area contributed by atoms with Crippen LogP contribution in [0.4, 0.5) is 5.69 Å². The van der Waals surface area contributed by atoms with Crippen LogP contribution in [0, 0.1) is 0 Å². The molecule has 0 unspecified atom stereocenters. The second-order valence-corrected chi connectivity index (χ2v) is 5.13. The number of imidazole rings is 1. The molecule has 5 heteroatoms. The van der Waals surface area contributed by atoms with Crippen LogP contribution in [0.15, 0.2) is 36.8 Å². The van der Waals surface area contributed by atoms with E-state index in [1.807, 2.05) is 18.2 Å². The van der Waals surface area contributed by atoms with Gasteiger partial charge in [0.1, 0.15) is 5.69 Å². The summed E-state index contributed by atoms with van der Waals surface area (Å²) in [6.07, 6.45) is 5.26. The van der Waals surface area contributed by atoms with Crippen molar-refractivity contribution in [1.82, 2.24) is 9.55 Å². The number of aromatic nitrogens is 2. The number of aryl methyl sites for hydroxylation is 2. The molecule has 0 spiro atoms. The van der Waals surface area contributed by atoms with Crippen LogP contribution in [0.2, 0.25) is 0 Å². The maximum Gasteiger partial charge on any atom is 0.273 e. The van der Waals surface area contributed by atoms with Gasteiger partial charge in [0.2, 0.25) is 0 Å². The van der Waals surface area contributed by atoms with Gasteiger partial charge in [-0.15, -0.1) is 0 Å². The third-order valence-corrected chi connectivity index (χ3v) is 3.39. The van der Waals surface area contributed by atoms with Crippen molar-refractivity contribution in [3.05, 3.63) is 48.0 Å². The highest BCUT2D eigenvalue weighted by molar-refractivity contribution is 9.09. The minimum atomic E-state index is -0.141. The maximum absolute atomic E-state index is 12.0. The Labute approximate surface area is 121 Å². The average Bonchev–Trinajstić information content (AvgIpc) is 2.83. The molecule has 1 heterocycles. The number of nitrogens with zero attached hydrogens (tertiary/aromatic N) is 2. The Balaban J connectivity index is 2.07. The molecular formula is C14H16BrN3O. The van der Waals surface area contributed by atoms with E-state index < -0.39 is 0 Å². The zero-order valence-corrected chi connectivity index (χ0v) is 12.4. The van der Waals surface area contributed by atoms with Crippen molar-refractivity contribution in [2.75, 3.05) is 10.6 Å². The third kappa shape index (κ3) is 3.67. The number of rotatable bonds is 5. The highest BCUT2D eigenvalue weighted by Gasteiger charge is 2.09. The van der Waals surface area contributed by atoms with Crippen LogP contribution in [0.25, 0.3) is 0 Å². The van der Waals surface area contributed by atoms with Gasteiger partial charge >= 0.3 is 0 Å². The maximum atomic E-state index is 12.0. The lowest BCUT2D eigenvalue weighted by atomic mass is 10.1. The number of nitrogens with one attached hydrogen (secondary N) is 1. The highest BCUT2D eigenvalue weighted by atomic mass is 79.9. The van der Waals surface area contributed by atoms with Gasteiger partial charge in [-0.05, 0) is 30.5 Å². The molecule has 0 aliphatic heterocycles. The van der Waals surface area contributed by atoms with E-state index in [1.54, 1.807) is 24.1 Å². The Morgan fingerprint density at radius 2 is 2.32 bits per heavy atom. The zero-order chi connectivity index (χ0) is 13.7. The van der Waals surface area contributed by atoms with E-state index >= 15 is 0 Å². The molecule has 0 radical (unpaired) electrons. The molecule has 2 aromatic rings. The fraction of sp³-hybridized carbons (Fsp3) is 0.286. The van der Waals surface area contributed by atoms with Gasteiger partial charge in [0, 0.05) is 18.1 Å². The molecule has 0 saturated carbocycles.